The largest absolute Gasteiger partial charge is 0.481 e. The van der Waals surface area contributed by atoms with Crippen LogP contribution in [0.25, 0.3) is 0 Å². The van der Waals surface area contributed by atoms with E-state index in [-0.39, 0.29) is 12.6 Å². The fourth-order valence-electron chi connectivity index (χ4n) is 0.191. The normalized spacial score (nSPS) is 10.9. The third kappa shape index (κ3) is 5.92. The summed E-state index contributed by atoms with van der Waals surface area (Å²) in [6.45, 7) is 0. The summed E-state index contributed by atoms with van der Waals surface area (Å²) in [5, 5.41) is 8.00. The van der Waals surface area contributed by atoms with Gasteiger partial charge in [-0.3, -0.25) is 4.79 Å². The molecule has 0 saturated heterocycles. The van der Waals surface area contributed by atoms with Gasteiger partial charge in [-0.15, -0.1) is 0 Å². The van der Waals surface area contributed by atoms with Gasteiger partial charge in [-0.05, 0) is 0 Å². The minimum Gasteiger partial charge on any atom is -0.481 e. The van der Waals surface area contributed by atoms with Crippen LogP contribution in [0, 0.1) is 0 Å². The first-order valence-electron chi connectivity index (χ1n) is 1.98. The molecule has 0 heterocycles. The van der Waals surface area contributed by atoms with Gasteiger partial charge in [-0.1, -0.05) is 4.57 Å². The molecule has 1 N–H and O–H groups in total. The Morgan fingerprint density at radius 3 is 2.38 bits per heavy atom. The zero-order chi connectivity index (χ0) is 6.57. The molecule has 3 nitrogen and oxygen atoms in total. The third-order valence-corrected chi connectivity index (χ3v) is 1.72. The summed E-state index contributed by atoms with van der Waals surface area (Å²) in [5.41, 5.74) is 0. The van der Waals surface area contributed by atoms with Gasteiger partial charge in [0, 0.05) is 0 Å². The maximum atomic E-state index is 10.1. The lowest BCUT2D eigenvalue weighted by atomic mass is 10.5. The lowest BCUT2D eigenvalue weighted by Crippen LogP contribution is -1.94. The number of hydrogen-bond donors (Lipinski definition) is 2. The van der Waals surface area contributed by atoms with E-state index in [0.29, 0.717) is 0 Å². The second kappa shape index (κ2) is 3.87. The van der Waals surface area contributed by atoms with Crippen molar-refractivity contribution in [2.45, 2.75) is 6.42 Å². The molecule has 1 unspecified atom stereocenters. The van der Waals surface area contributed by atoms with E-state index in [1.165, 1.54) is 0 Å². The summed E-state index contributed by atoms with van der Waals surface area (Å²) < 4.78 is 10.1. The number of carbonyl (C=O) groups is 1. The van der Waals surface area contributed by atoms with Crippen LogP contribution in [0.15, 0.2) is 0 Å². The highest BCUT2D eigenvalue weighted by Crippen LogP contribution is 2.25. The van der Waals surface area contributed by atoms with Crippen molar-refractivity contribution in [1.82, 2.24) is 0 Å². The van der Waals surface area contributed by atoms with Crippen molar-refractivity contribution >= 4 is 25.2 Å². The minimum atomic E-state index is -1.57. The summed E-state index contributed by atoms with van der Waals surface area (Å²) in [6, 6.07) is 0. The first-order chi connectivity index (χ1) is 3.63. The van der Waals surface area contributed by atoms with Gasteiger partial charge in [-0.2, -0.15) is 0 Å². The van der Waals surface area contributed by atoms with E-state index in [1.54, 1.807) is 0 Å². The van der Waals surface area contributed by atoms with E-state index < -0.39 is 13.0 Å². The van der Waals surface area contributed by atoms with Crippen LogP contribution in [0.1, 0.15) is 6.42 Å². The topological polar surface area (TPSA) is 54.4 Å². The highest BCUT2D eigenvalue weighted by atomic mass is 32.7. The number of aliphatic carboxylic acids is 1. The Morgan fingerprint density at radius 2 is 2.25 bits per heavy atom. The highest BCUT2D eigenvalue weighted by molar-refractivity contribution is 8.40. The van der Waals surface area contributed by atoms with E-state index in [0.717, 1.165) is 0 Å². The highest BCUT2D eigenvalue weighted by Gasteiger charge is 2.09. The molecule has 1 atom stereocenters. The van der Waals surface area contributed by atoms with Gasteiger partial charge >= 0.3 is 13.0 Å². The molecule has 0 aromatic heterocycles. The van der Waals surface area contributed by atoms with Gasteiger partial charge in [-0.25, -0.2) is 0 Å². The average molecular weight is 153 g/mol. The van der Waals surface area contributed by atoms with Gasteiger partial charge in [0.1, 0.15) is 12.2 Å². The number of carboxylic acid groups (broad SMARTS) is 1. The lowest BCUT2D eigenvalue weighted by molar-refractivity contribution is -0.136. The standard InChI is InChI=1S/C3H5O3PS/c4-3(5)1-2-7(6)8/h1-2H2,(H-,4,5,6,8)/p+1. The molecular weight excluding hydrogens is 147 g/mol. The molecule has 0 amide bonds. The van der Waals surface area contributed by atoms with E-state index in [2.05, 4.69) is 12.2 Å². The van der Waals surface area contributed by atoms with Gasteiger partial charge in [0.05, 0.1) is 6.42 Å². The van der Waals surface area contributed by atoms with Crippen molar-refractivity contribution in [1.29, 1.82) is 0 Å². The molecule has 46 valence electrons. The third-order valence-electron chi connectivity index (χ3n) is 0.517. The molecule has 0 aromatic rings. The van der Waals surface area contributed by atoms with Crippen LogP contribution in [-0.4, -0.2) is 17.2 Å². The molecule has 8 heavy (non-hydrogen) atoms. The second-order valence-corrected chi connectivity index (χ2v) is 3.71. The Morgan fingerprint density at radius 1 is 1.75 bits per heavy atom. The summed E-state index contributed by atoms with van der Waals surface area (Å²) in [7, 11) is -1.57. The van der Waals surface area contributed by atoms with E-state index in [1.807, 2.05) is 0 Å². The summed E-state index contributed by atoms with van der Waals surface area (Å²) in [5.74, 6) is -0.928. The van der Waals surface area contributed by atoms with Crippen LogP contribution in [0.2, 0.25) is 0 Å². The van der Waals surface area contributed by atoms with E-state index in [9.17, 15) is 9.36 Å². The predicted molar refractivity (Wildman–Crippen MR) is 33.7 cm³/mol. The first kappa shape index (κ1) is 7.92. The van der Waals surface area contributed by atoms with Crippen LogP contribution >= 0.6 is 19.3 Å². The van der Waals surface area contributed by atoms with Crippen molar-refractivity contribution in [2.24, 2.45) is 0 Å². The molecule has 0 aliphatic rings. The summed E-state index contributed by atoms with van der Waals surface area (Å²) in [4.78, 5) is 9.74. The van der Waals surface area contributed by atoms with Crippen LogP contribution in [-0.2, 0) is 9.36 Å². The molecule has 0 aliphatic carbocycles. The predicted octanol–water partition coefficient (Wildman–Crippen LogP) is 1.13. The molecule has 0 rings (SSSR count). The molecular formula is C3H6O3PS+. The smallest absolute Gasteiger partial charge is 0.407 e. The van der Waals surface area contributed by atoms with Crippen molar-refractivity contribution in [3.8, 4) is 0 Å². The molecule has 0 bridgehead atoms. The Hall–Kier alpha value is -0.0800. The number of rotatable bonds is 3. The molecule has 0 saturated carbocycles. The van der Waals surface area contributed by atoms with Crippen molar-refractivity contribution in [2.75, 3.05) is 6.16 Å². The molecule has 5 heteroatoms. The summed E-state index contributed by atoms with van der Waals surface area (Å²) >= 11 is 3.52. The number of carboxylic acids is 1. The fraction of sp³-hybridized carbons (Fsp3) is 0.667. The molecule has 0 aliphatic heterocycles. The van der Waals surface area contributed by atoms with Crippen LogP contribution in [0.4, 0.5) is 0 Å². The zero-order valence-corrected chi connectivity index (χ0v) is 5.86. The zero-order valence-electron chi connectivity index (χ0n) is 4.07. The maximum Gasteiger partial charge on any atom is 0.407 e. The minimum absolute atomic E-state index is 0.0568. The van der Waals surface area contributed by atoms with Gasteiger partial charge in [0.15, 0.2) is 6.16 Å². The second-order valence-electron chi connectivity index (χ2n) is 1.22. The molecule has 0 spiro atoms. The van der Waals surface area contributed by atoms with Gasteiger partial charge in [0.25, 0.3) is 0 Å². The van der Waals surface area contributed by atoms with Crippen LogP contribution in [0.3, 0.4) is 0 Å². The van der Waals surface area contributed by atoms with Gasteiger partial charge in [0.2, 0.25) is 0 Å². The van der Waals surface area contributed by atoms with Crippen LogP contribution in [0.5, 0.6) is 0 Å². The quantitative estimate of drug-likeness (QED) is 0.472. The lowest BCUT2D eigenvalue weighted by Gasteiger charge is -1.77. The fourth-order valence-corrected chi connectivity index (χ4v) is 0.874. The Balaban J connectivity index is 3.18. The monoisotopic (exact) mass is 153 g/mol. The number of hydrogen-bond acceptors (Lipinski definition) is 2. The SMILES string of the molecule is O=C(O)CC[P+](=O)S. The summed E-state index contributed by atoms with van der Waals surface area (Å²) in [6.07, 6.45) is 0.104. The van der Waals surface area contributed by atoms with Crippen LogP contribution < -0.4 is 0 Å². The van der Waals surface area contributed by atoms with E-state index in [4.69, 9.17) is 5.11 Å². The Labute approximate surface area is 53.0 Å². The Kier molecular flexibility index (Phi) is 3.83. The molecule has 0 aromatic carbocycles. The van der Waals surface area contributed by atoms with E-state index >= 15 is 0 Å². The van der Waals surface area contributed by atoms with Crippen molar-refractivity contribution in [3.63, 3.8) is 0 Å². The molecule has 0 radical (unpaired) electrons. The van der Waals surface area contributed by atoms with Gasteiger partial charge < -0.3 is 5.11 Å². The van der Waals surface area contributed by atoms with Crippen molar-refractivity contribution in [3.05, 3.63) is 0 Å². The van der Waals surface area contributed by atoms with Crippen molar-refractivity contribution < 1.29 is 14.5 Å². The Bertz CT molecular complexity index is 99.1. The molecule has 0 fully saturated rings. The number of thiol groups is 1. The maximum absolute atomic E-state index is 10.1. The average Bonchev–Trinajstić information content (AvgIpc) is 1.61. The first-order valence-corrected chi connectivity index (χ1v) is 4.58.